The molecule has 0 saturated heterocycles. The van der Waals surface area contributed by atoms with Gasteiger partial charge in [0.15, 0.2) is 0 Å². The fraction of sp³-hybridized carbons (Fsp3) is 0. The van der Waals surface area contributed by atoms with E-state index in [1.165, 1.54) is 24.4 Å². The van der Waals surface area contributed by atoms with Gasteiger partial charge in [-0.15, -0.1) is 0 Å². The first-order chi connectivity index (χ1) is 9.63. The van der Waals surface area contributed by atoms with Gasteiger partial charge in [-0.3, -0.25) is 24.4 Å². The summed E-state index contributed by atoms with van der Waals surface area (Å²) in [6.07, 6.45) is 2.41. The van der Waals surface area contributed by atoms with Crippen LogP contribution in [0, 0.1) is 5.41 Å². The zero-order valence-electron chi connectivity index (χ0n) is 10.4. The quantitative estimate of drug-likeness (QED) is 0.813. The van der Waals surface area contributed by atoms with E-state index in [0.717, 1.165) is 4.57 Å². The van der Waals surface area contributed by atoms with E-state index in [4.69, 9.17) is 5.41 Å². The number of pyridine rings is 1. The molecule has 0 aliphatic rings. The van der Waals surface area contributed by atoms with Crippen molar-refractivity contribution in [1.82, 2.24) is 4.57 Å². The molecule has 6 heteroatoms. The van der Waals surface area contributed by atoms with Crippen molar-refractivity contribution in [1.29, 1.82) is 5.41 Å². The van der Waals surface area contributed by atoms with E-state index >= 15 is 0 Å². The van der Waals surface area contributed by atoms with E-state index in [0.29, 0.717) is 23.9 Å². The summed E-state index contributed by atoms with van der Waals surface area (Å²) in [4.78, 5) is 33.4. The van der Waals surface area contributed by atoms with Gasteiger partial charge in [-0.1, -0.05) is 12.1 Å². The maximum absolute atomic E-state index is 12.0. The lowest BCUT2D eigenvalue weighted by molar-refractivity contribution is 0.102. The second-order valence-electron chi connectivity index (χ2n) is 4.01. The highest BCUT2D eigenvalue weighted by Crippen LogP contribution is 2.10. The van der Waals surface area contributed by atoms with Crippen LogP contribution in [0.3, 0.4) is 0 Å². The summed E-state index contributed by atoms with van der Waals surface area (Å²) in [5.74, 6) is -0.427. The smallest absolute Gasteiger partial charge is 0.257 e. The molecule has 1 aromatic carbocycles. The molecule has 0 radical (unpaired) electrons. The van der Waals surface area contributed by atoms with Gasteiger partial charge < -0.3 is 5.32 Å². The number of carbonyl (C=O) groups is 3. The summed E-state index contributed by atoms with van der Waals surface area (Å²) in [6, 6.07) is 9.26. The second kappa shape index (κ2) is 5.75. The number of aldehydes is 1. The van der Waals surface area contributed by atoms with Crippen LogP contribution < -0.4 is 10.8 Å². The van der Waals surface area contributed by atoms with Crippen molar-refractivity contribution < 1.29 is 14.4 Å². The van der Waals surface area contributed by atoms with Crippen LogP contribution in [0.4, 0.5) is 5.69 Å². The average molecular weight is 269 g/mol. The first kappa shape index (κ1) is 13.4. The Labute approximate surface area is 114 Å². The van der Waals surface area contributed by atoms with Gasteiger partial charge in [-0.2, -0.15) is 0 Å². The summed E-state index contributed by atoms with van der Waals surface area (Å²) in [6.45, 7) is 0. The third-order valence-electron chi connectivity index (χ3n) is 2.63. The SMILES string of the molecule is N=c1ccc(C(=O)Nc2cccc(C=O)c2)cn1C=O. The van der Waals surface area contributed by atoms with Gasteiger partial charge in [-0.25, -0.2) is 0 Å². The average Bonchev–Trinajstić information content (AvgIpc) is 2.47. The topological polar surface area (TPSA) is 92.0 Å². The molecule has 0 fully saturated rings. The Kier molecular flexibility index (Phi) is 3.85. The minimum Gasteiger partial charge on any atom is -0.322 e. The third-order valence-corrected chi connectivity index (χ3v) is 2.63. The predicted molar refractivity (Wildman–Crippen MR) is 72.2 cm³/mol. The van der Waals surface area contributed by atoms with Crippen LogP contribution in [-0.4, -0.2) is 23.2 Å². The molecule has 100 valence electrons. The summed E-state index contributed by atoms with van der Waals surface area (Å²) in [7, 11) is 0. The van der Waals surface area contributed by atoms with Gasteiger partial charge in [0.2, 0.25) is 6.41 Å². The number of benzene rings is 1. The Morgan fingerprint density at radius 1 is 1.20 bits per heavy atom. The summed E-state index contributed by atoms with van der Waals surface area (Å²) < 4.78 is 0.997. The Morgan fingerprint density at radius 2 is 2.00 bits per heavy atom. The number of hydrogen-bond donors (Lipinski definition) is 2. The molecule has 2 N–H and O–H groups in total. The molecule has 0 aliphatic heterocycles. The molecular weight excluding hydrogens is 258 g/mol. The van der Waals surface area contributed by atoms with Crippen molar-refractivity contribution in [2.24, 2.45) is 0 Å². The predicted octanol–water partition coefficient (Wildman–Crippen LogP) is 1.07. The van der Waals surface area contributed by atoms with E-state index in [2.05, 4.69) is 5.32 Å². The monoisotopic (exact) mass is 269 g/mol. The fourth-order valence-electron chi connectivity index (χ4n) is 1.63. The van der Waals surface area contributed by atoms with E-state index in [1.807, 2.05) is 0 Å². The third kappa shape index (κ3) is 2.86. The number of anilines is 1. The fourth-order valence-corrected chi connectivity index (χ4v) is 1.63. The molecule has 1 amide bonds. The number of nitrogens with one attached hydrogen (secondary N) is 2. The lowest BCUT2D eigenvalue weighted by Crippen LogP contribution is -2.21. The van der Waals surface area contributed by atoms with Crippen molar-refractivity contribution >= 4 is 24.3 Å². The molecular formula is C14H11N3O3. The maximum Gasteiger partial charge on any atom is 0.257 e. The molecule has 0 unspecified atom stereocenters. The van der Waals surface area contributed by atoms with E-state index < -0.39 is 5.91 Å². The van der Waals surface area contributed by atoms with Gasteiger partial charge in [0.1, 0.15) is 11.8 Å². The molecule has 2 aromatic rings. The molecule has 0 spiro atoms. The van der Waals surface area contributed by atoms with Gasteiger partial charge in [0.25, 0.3) is 5.91 Å². The number of carbonyl (C=O) groups excluding carboxylic acids is 3. The van der Waals surface area contributed by atoms with Crippen LogP contribution in [-0.2, 0) is 4.79 Å². The highest BCUT2D eigenvalue weighted by Gasteiger charge is 2.07. The van der Waals surface area contributed by atoms with Gasteiger partial charge in [-0.05, 0) is 24.3 Å². The zero-order chi connectivity index (χ0) is 14.5. The van der Waals surface area contributed by atoms with Crippen molar-refractivity contribution in [3.05, 3.63) is 59.2 Å². The van der Waals surface area contributed by atoms with Crippen LogP contribution in [0.25, 0.3) is 0 Å². The lowest BCUT2D eigenvalue weighted by atomic mass is 10.2. The highest BCUT2D eigenvalue weighted by atomic mass is 16.2. The van der Waals surface area contributed by atoms with E-state index in [-0.39, 0.29) is 11.1 Å². The molecule has 0 atom stereocenters. The van der Waals surface area contributed by atoms with Crippen LogP contribution >= 0.6 is 0 Å². The number of rotatable bonds is 4. The van der Waals surface area contributed by atoms with Gasteiger partial charge in [0, 0.05) is 17.4 Å². The number of nitrogens with zero attached hydrogens (tertiary/aromatic N) is 1. The first-order valence-electron chi connectivity index (χ1n) is 5.72. The standard InChI is InChI=1S/C14H11N3O3/c15-13-5-4-11(7-17(13)9-19)14(20)16-12-3-1-2-10(6-12)8-18/h1-9,15H,(H,16,20). The van der Waals surface area contributed by atoms with Crippen LogP contribution in [0.2, 0.25) is 0 Å². The van der Waals surface area contributed by atoms with Crippen LogP contribution in [0.5, 0.6) is 0 Å². The molecule has 0 aliphatic carbocycles. The maximum atomic E-state index is 12.0. The Hall–Kier alpha value is -3.02. The Morgan fingerprint density at radius 3 is 2.70 bits per heavy atom. The molecule has 1 aromatic heterocycles. The largest absolute Gasteiger partial charge is 0.322 e. The molecule has 2 rings (SSSR count). The lowest BCUT2D eigenvalue weighted by Gasteiger charge is -2.06. The number of hydrogen-bond acceptors (Lipinski definition) is 4. The van der Waals surface area contributed by atoms with E-state index in [9.17, 15) is 14.4 Å². The van der Waals surface area contributed by atoms with Crippen molar-refractivity contribution in [3.8, 4) is 0 Å². The van der Waals surface area contributed by atoms with Gasteiger partial charge in [0.05, 0.1) is 5.56 Å². The summed E-state index contributed by atoms with van der Waals surface area (Å²) in [5.41, 5.74) is 1.16. The first-order valence-corrected chi connectivity index (χ1v) is 5.72. The van der Waals surface area contributed by atoms with E-state index in [1.54, 1.807) is 18.2 Å². The van der Waals surface area contributed by atoms with Crippen molar-refractivity contribution in [3.63, 3.8) is 0 Å². The van der Waals surface area contributed by atoms with Crippen LogP contribution in [0.15, 0.2) is 42.6 Å². The Balaban J connectivity index is 2.25. The number of aromatic nitrogens is 1. The molecule has 1 heterocycles. The highest BCUT2D eigenvalue weighted by molar-refractivity contribution is 6.04. The second-order valence-corrected chi connectivity index (χ2v) is 4.01. The molecule has 6 nitrogen and oxygen atoms in total. The molecule has 0 bridgehead atoms. The summed E-state index contributed by atoms with van der Waals surface area (Å²) >= 11 is 0. The van der Waals surface area contributed by atoms with Crippen molar-refractivity contribution in [2.75, 3.05) is 5.32 Å². The molecule has 0 saturated carbocycles. The molecule has 20 heavy (non-hydrogen) atoms. The Bertz CT molecular complexity index is 734. The summed E-state index contributed by atoms with van der Waals surface area (Å²) in [5, 5.41) is 10.1. The minimum absolute atomic E-state index is 0.0143. The zero-order valence-corrected chi connectivity index (χ0v) is 10.4. The van der Waals surface area contributed by atoms with Crippen molar-refractivity contribution in [2.45, 2.75) is 0 Å². The minimum atomic E-state index is -0.427. The normalized spacial score (nSPS) is 9.80. The number of amides is 1. The van der Waals surface area contributed by atoms with Gasteiger partial charge >= 0.3 is 0 Å². The van der Waals surface area contributed by atoms with Crippen LogP contribution in [0.1, 0.15) is 20.7 Å².